The molecule has 1 saturated heterocycles. The summed E-state index contributed by atoms with van der Waals surface area (Å²) in [5.41, 5.74) is 3.36. The van der Waals surface area contributed by atoms with Crippen molar-refractivity contribution in [3.8, 4) is 0 Å². The quantitative estimate of drug-likeness (QED) is 0.812. The van der Waals surface area contributed by atoms with Crippen LogP contribution < -0.4 is 0 Å². The van der Waals surface area contributed by atoms with E-state index in [2.05, 4.69) is 30.8 Å². The average Bonchev–Trinajstić information content (AvgIpc) is 2.82. The maximum atomic E-state index is 12.8. The van der Waals surface area contributed by atoms with E-state index in [-0.39, 0.29) is 18.6 Å². The number of nitrogens with zero attached hydrogens (tertiary/aromatic N) is 4. The van der Waals surface area contributed by atoms with Gasteiger partial charge in [0.05, 0.1) is 5.69 Å². The third kappa shape index (κ3) is 4.82. The van der Waals surface area contributed by atoms with Gasteiger partial charge >= 0.3 is 0 Å². The van der Waals surface area contributed by atoms with Gasteiger partial charge in [0, 0.05) is 44.5 Å². The molecule has 1 N–H and O–H groups in total. The first kappa shape index (κ1) is 19.9. The number of aryl methyl sites for hydroxylation is 1. The van der Waals surface area contributed by atoms with Crippen LogP contribution in [0.2, 0.25) is 0 Å². The number of rotatable bonds is 7. The van der Waals surface area contributed by atoms with Crippen molar-refractivity contribution in [2.24, 2.45) is 5.92 Å². The van der Waals surface area contributed by atoms with E-state index in [1.807, 2.05) is 23.4 Å². The van der Waals surface area contributed by atoms with Gasteiger partial charge in [-0.25, -0.2) is 0 Å². The molecular weight excluding hydrogens is 316 g/mol. The standard InChI is InChI=1S/C19H34N4O2/c1-6-18-15(4)20-23(16(18)5)13-19(25)22-9-8-21(11-14(2)3)17(12-22)7-10-24/h14,17,24H,6-13H2,1-5H3. The Morgan fingerprint density at radius 1 is 1.32 bits per heavy atom. The molecule has 2 rings (SSSR count). The number of aliphatic hydroxyl groups is 1. The molecule has 0 saturated carbocycles. The number of aromatic nitrogens is 2. The monoisotopic (exact) mass is 350 g/mol. The Hall–Kier alpha value is -1.40. The first-order valence-electron chi connectivity index (χ1n) is 9.52. The molecule has 1 unspecified atom stereocenters. The summed E-state index contributed by atoms with van der Waals surface area (Å²) in [6, 6.07) is 0.247. The second-order valence-corrected chi connectivity index (χ2v) is 7.56. The fourth-order valence-corrected chi connectivity index (χ4v) is 3.88. The zero-order chi connectivity index (χ0) is 18.6. The largest absolute Gasteiger partial charge is 0.396 e. The minimum absolute atomic E-state index is 0.125. The molecule has 6 nitrogen and oxygen atoms in total. The Morgan fingerprint density at radius 2 is 2.04 bits per heavy atom. The van der Waals surface area contributed by atoms with Gasteiger partial charge < -0.3 is 10.0 Å². The van der Waals surface area contributed by atoms with E-state index in [1.54, 1.807) is 0 Å². The number of aliphatic hydroxyl groups excluding tert-OH is 1. The van der Waals surface area contributed by atoms with Gasteiger partial charge in [-0.15, -0.1) is 0 Å². The van der Waals surface area contributed by atoms with Crippen LogP contribution in [0.1, 0.15) is 44.1 Å². The topological polar surface area (TPSA) is 61.6 Å². The van der Waals surface area contributed by atoms with Crippen LogP contribution in [0.3, 0.4) is 0 Å². The maximum absolute atomic E-state index is 12.8. The molecule has 1 aromatic heterocycles. The number of carbonyl (C=O) groups excluding carboxylic acids is 1. The van der Waals surface area contributed by atoms with E-state index in [0.717, 1.165) is 43.9 Å². The summed E-state index contributed by atoms with van der Waals surface area (Å²) in [5, 5.41) is 13.9. The van der Waals surface area contributed by atoms with Crippen LogP contribution in [0.25, 0.3) is 0 Å². The predicted molar refractivity (Wildman–Crippen MR) is 99.6 cm³/mol. The second kappa shape index (κ2) is 8.81. The van der Waals surface area contributed by atoms with E-state index in [0.29, 0.717) is 19.0 Å². The SMILES string of the molecule is CCc1c(C)nn(CC(=O)N2CCN(CC(C)C)C(CCO)C2)c1C. The smallest absolute Gasteiger partial charge is 0.244 e. The van der Waals surface area contributed by atoms with Crippen LogP contribution in [0.5, 0.6) is 0 Å². The lowest BCUT2D eigenvalue weighted by atomic mass is 10.1. The van der Waals surface area contributed by atoms with Crippen LogP contribution in [-0.4, -0.2) is 69.4 Å². The van der Waals surface area contributed by atoms with Crippen LogP contribution in [-0.2, 0) is 17.8 Å². The molecule has 0 spiro atoms. The lowest BCUT2D eigenvalue weighted by Crippen LogP contribution is -2.56. The van der Waals surface area contributed by atoms with Gasteiger partial charge in [-0.3, -0.25) is 14.4 Å². The molecule has 0 radical (unpaired) electrons. The molecule has 1 amide bonds. The summed E-state index contributed by atoms with van der Waals surface area (Å²) < 4.78 is 1.85. The zero-order valence-corrected chi connectivity index (χ0v) is 16.5. The zero-order valence-electron chi connectivity index (χ0n) is 16.5. The molecule has 1 aromatic rings. The highest BCUT2D eigenvalue weighted by Gasteiger charge is 2.29. The maximum Gasteiger partial charge on any atom is 0.244 e. The van der Waals surface area contributed by atoms with Crippen molar-refractivity contribution in [3.05, 3.63) is 17.0 Å². The highest BCUT2D eigenvalue weighted by molar-refractivity contribution is 5.76. The predicted octanol–water partition coefficient (Wildman–Crippen LogP) is 1.61. The Kier molecular flexibility index (Phi) is 7.02. The van der Waals surface area contributed by atoms with Crippen molar-refractivity contribution in [2.45, 2.75) is 60.0 Å². The van der Waals surface area contributed by atoms with Gasteiger partial charge in [-0.2, -0.15) is 5.10 Å². The number of piperazine rings is 1. The minimum Gasteiger partial charge on any atom is -0.396 e. The molecule has 0 bridgehead atoms. The molecule has 0 aliphatic carbocycles. The van der Waals surface area contributed by atoms with Crippen molar-refractivity contribution in [1.29, 1.82) is 0 Å². The number of hydrogen-bond acceptors (Lipinski definition) is 4. The van der Waals surface area contributed by atoms with E-state index < -0.39 is 0 Å². The summed E-state index contributed by atoms with van der Waals surface area (Å²) >= 11 is 0. The summed E-state index contributed by atoms with van der Waals surface area (Å²) in [6.45, 7) is 14.4. The molecule has 0 aromatic carbocycles. The fraction of sp³-hybridized carbons (Fsp3) is 0.789. The molecule has 142 valence electrons. The normalized spacial score (nSPS) is 19.0. The minimum atomic E-state index is 0.125. The van der Waals surface area contributed by atoms with Gasteiger partial charge in [0.1, 0.15) is 6.54 Å². The van der Waals surface area contributed by atoms with Crippen LogP contribution >= 0.6 is 0 Å². The van der Waals surface area contributed by atoms with Crippen LogP contribution in [0, 0.1) is 19.8 Å². The Labute approximate surface area is 151 Å². The summed E-state index contributed by atoms with van der Waals surface area (Å²) in [7, 11) is 0. The van der Waals surface area contributed by atoms with Gasteiger partial charge in [0.2, 0.25) is 5.91 Å². The van der Waals surface area contributed by atoms with Gasteiger partial charge in [0.15, 0.2) is 0 Å². The highest BCUT2D eigenvalue weighted by atomic mass is 16.3. The fourth-order valence-electron chi connectivity index (χ4n) is 3.88. The Balaban J connectivity index is 2.02. The molecule has 6 heteroatoms. The van der Waals surface area contributed by atoms with E-state index in [9.17, 15) is 9.90 Å². The van der Waals surface area contributed by atoms with E-state index >= 15 is 0 Å². The number of amides is 1. The van der Waals surface area contributed by atoms with Crippen LogP contribution in [0.4, 0.5) is 0 Å². The van der Waals surface area contributed by atoms with Crippen molar-refractivity contribution in [1.82, 2.24) is 19.6 Å². The third-order valence-corrected chi connectivity index (χ3v) is 5.19. The molecule has 1 fully saturated rings. The molecule has 1 atom stereocenters. The third-order valence-electron chi connectivity index (χ3n) is 5.19. The Morgan fingerprint density at radius 3 is 2.60 bits per heavy atom. The first-order chi connectivity index (χ1) is 11.9. The summed E-state index contributed by atoms with van der Waals surface area (Å²) in [4.78, 5) is 17.2. The summed E-state index contributed by atoms with van der Waals surface area (Å²) in [6.07, 6.45) is 1.66. The lowest BCUT2D eigenvalue weighted by Gasteiger charge is -2.42. The Bertz CT molecular complexity index is 582. The van der Waals surface area contributed by atoms with E-state index in [4.69, 9.17) is 0 Å². The average molecular weight is 351 g/mol. The van der Waals surface area contributed by atoms with Crippen molar-refractivity contribution in [3.63, 3.8) is 0 Å². The van der Waals surface area contributed by atoms with Gasteiger partial charge in [0.25, 0.3) is 0 Å². The number of carbonyl (C=O) groups is 1. The van der Waals surface area contributed by atoms with Gasteiger partial charge in [-0.1, -0.05) is 20.8 Å². The summed E-state index contributed by atoms with van der Waals surface area (Å²) in [5.74, 6) is 0.714. The lowest BCUT2D eigenvalue weighted by molar-refractivity contribution is -0.135. The number of hydrogen-bond donors (Lipinski definition) is 1. The van der Waals surface area contributed by atoms with Crippen molar-refractivity contribution >= 4 is 5.91 Å². The van der Waals surface area contributed by atoms with Crippen molar-refractivity contribution < 1.29 is 9.90 Å². The van der Waals surface area contributed by atoms with Crippen LogP contribution in [0.15, 0.2) is 0 Å². The van der Waals surface area contributed by atoms with E-state index in [1.165, 1.54) is 5.56 Å². The second-order valence-electron chi connectivity index (χ2n) is 7.56. The molecular formula is C19H34N4O2. The first-order valence-corrected chi connectivity index (χ1v) is 9.52. The molecule has 2 heterocycles. The van der Waals surface area contributed by atoms with Gasteiger partial charge in [-0.05, 0) is 38.2 Å². The highest BCUT2D eigenvalue weighted by Crippen LogP contribution is 2.17. The molecule has 1 aliphatic rings. The molecule has 25 heavy (non-hydrogen) atoms. The molecule has 1 aliphatic heterocycles. The van der Waals surface area contributed by atoms with Crippen molar-refractivity contribution in [2.75, 3.05) is 32.8 Å².